The lowest BCUT2D eigenvalue weighted by Crippen LogP contribution is -2.34. The van der Waals surface area contributed by atoms with E-state index < -0.39 is 18.8 Å². The number of amides is 1. The summed E-state index contributed by atoms with van der Waals surface area (Å²) in [5.74, 6) is -0.534. The lowest BCUT2D eigenvalue weighted by atomic mass is 10.1. The van der Waals surface area contributed by atoms with Crippen molar-refractivity contribution in [3.05, 3.63) is 29.3 Å². The summed E-state index contributed by atoms with van der Waals surface area (Å²) in [5, 5.41) is 0.988. The van der Waals surface area contributed by atoms with Crippen LogP contribution < -0.4 is 4.74 Å². The van der Waals surface area contributed by atoms with Gasteiger partial charge in [-0.2, -0.15) is 0 Å². The molecule has 18 heavy (non-hydrogen) atoms. The maximum atomic E-state index is 12.9. The number of carbonyl (C=O) groups excluding carboxylic acids is 1. The van der Waals surface area contributed by atoms with Gasteiger partial charge in [0.1, 0.15) is 5.75 Å². The van der Waals surface area contributed by atoms with Crippen LogP contribution in [0.5, 0.6) is 5.75 Å². The molecule has 1 amide bonds. The first-order chi connectivity index (χ1) is 8.44. The van der Waals surface area contributed by atoms with Gasteiger partial charge in [0, 0.05) is 12.6 Å². The predicted molar refractivity (Wildman–Crippen MR) is 55.9 cm³/mol. The molecule has 0 aromatic heterocycles. The van der Waals surface area contributed by atoms with E-state index in [1.165, 1.54) is 32.4 Å². The lowest BCUT2D eigenvalue weighted by Gasteiger charge is -2.26. The molecule has 0 saturated heterocycles. The molecule has 1 aliphatic heterocycles. The molecule has 0 bridgehead atoms. The Kier molecular flexibility index (Phi) is 3.18. The van der Waals surface area contributed by atoms with Gasteiger partial charge in [-0.15, -0.1) is 8.78 Å². The minimum absolute atomic E-state index is 0.0680. The van der Waals surface area contributed by atoms with Gasteiger partial charge in [-0.05, 0) is 12.1 Å². The molecule has 0 atom stereocenters. The van der Waals surface area contributed by atoms with Crippen LogP contribution in [0.2, 0.25) is 0 Å². The Labute approximate surface area is 102 Å². The molecule has 1 aromatic rings. The molecule has 5 nitrogen and oxygen atoms in total. The molecule has 0 spiro atoms. The summed E-state index contributed by atoms with van der Waals surface area (Å²) in [5.41, 5.74) is 0.477. The van der Waals surface area contributed by atoms with Crippen LogP contribution in [0, 0.1) is 0 Å². The van der Waals surface area contributed by atoms with E-state index in [0.29, 0.717) is 0 Å². The first kappa shape index (κ1) is 12.7. The van der Waals surface area contributed by atoms with Gasteiger partial charge in [0.05, 0.1) is 19.3 Å². The molecular formula is C11H11F2NO4. The van der Waals surface area contributed by atoms with E-state index in [2.05, 4.69) is 9.47 Å². The van der Waals surface area contributed by atoms with E-state index in [-0.39, 0.29) is 16.9 Å². The molecule has 1 aliphatic rings. The number of hydrogen-bond donors (Lipinski definition) is 0. The third-order valence-electron chi connectivity index (χ3n) is 2.54. The van der Waals surface area contributed by atoms with Crippen LogP contribution in [0.1, 0.15) is 15.9 Å². The zero-order chi connectivity index (χ0) is 13.3. The third-order valence-corrected chi connectivity index (χ3v) is 2.54. The van der Waals surface area contributed by atoms with E-state index in [9.17, 15) is 13.6 Å². The summed E-state index contributed by atoms with van der Waals surface area (Å²) in [6.45, 7) is -0.401. The number of hydroxylamine groups is 2. The largest absolute Gasteiger partial charge is 0.535 e. The Morgan fingerprint density at radius 2 is 2.22 bits per heavy atom. The van der Waals surface area contributed by atoms with E-state index in [4.69, 9.17) is 4.84 Å². The Hall–Kier alpha value is -1.73. The molecule has 0 fully saturated rings. The Balaban J connectivity index is 2.38. The van der Waals surface area contributed by atoms with Crippen LogP contribution in [0.25, 0.3) is 0 Å². The fourth-order valence-corrected chi connectivity index (χ4v) is 1.58. The van der Waals surface area contributed by atoms with E-state index >= 15 is 0 Å². The van der Waals surface area contributed by atoms with Gasteiger partial charge in [-0.25, -0.2) is 5.06 Å². The normalized spacial score (nSPS) is 16.7. The topological polar surface area (TPSA) is 48.0 Å². The first-order valence-corrected chi connectivity index (χ1v) is 5.09. The number of nitrogens with zero attached hydrogens (tertiary/aromatic N) is 1. The smallest absolute Gasteiger partial charge is 0.409 e. The summed E-state index contributed by atoms with van der Waals surface area (Å²) in [6.07, 6.45) is -3.66. The number of benzene rings is 1. The van der Waals surface area contributed by atoms with Gasteiger partial charge < -0.3 is 4.74 Å². The summed E-state index contributed by atoms with van der Waals surface area (Å²) in [6, 6.07) is 4.30. The Morgan fingerprint density at radius 3 is 2.89 bits per heavy atom. The number of alkyl halides is 2. The second-order valence-corrected chi connectivity index (χ2v) is 3.62. The highest BCUT2D eigenvalue weighted by molar-refractivity contribution is 5.95. The number of fused-ring (bicyclic) bond motifs is 1. The van der Waals surface area contributed by atoms with Crippen molar-refractivity contribution in [2.24, 2.45) is 0 Å². The monoisotopic (exact) mass is 259 g/mol. The summed E-state index contributed by atoms with van der Waals surface area (Å²) < 4.78 is 34.3. The van der Waals surface area contributed by atoms with Crippen molar-refractivity contribution < 1.29 is 27.9 Å². The van der Waals surface area contributed by atoms with Gasteiger partial charge in [0.2, 0.25) is 0 Å². The molecule has 98 valence electrons. The van der Waals surface area contributed by atoms with Gasteiger partial charge in [-0.1, -0.05) is 6.07 Å². The molecule has 0 unspecified atom stereocenters. The highest BCUT2D eigenvalue weighted by Gasteiger charge is 2.39. The molecule has 0 radical (unpaired) electrons. The number of carbonyl (C=O) groups is 1. The van der Waals surface area contributed by atoms with Crippen molar-refractivity contribution in [1.29, 1.82) is 0 Å². The fourth-order valence-electron chi connectivity index (χ4n) is 1.58. The quantitative estimate of drug-likeness (QED) is 0.759. The average Bonchev–Trinajstić information content (AvgIpc) is 2.34. The number of ether oxygens (including phenoxy) is 2. The third kappa shape index (κ3) is 2.27. The van der Waals surface area contributed by atoms with Crippen LogP contribution in [0.4, 0.5) is 8.78 Å². The van der Waals surface area contributed by atoms with Crippen LogP contribution in [-0.4, -0.2) is 31.4 Å². The standard InChI is InChI=1S/C11H11F2NO4/c1-14(16-2)10(15)7-4-3-5-9-8(7)6-17-11(12,13)18-9/h3-5H,6H2,1-2H3. The molecule has 1 aromatic carbocycles. The Bertz CT molecular complexity index is 478. The average molecular weight is 259 g/mol. The van der Waals surface area contributed by atoms with E-state index in [1.807, 2.05) is 0 Å². The maximum Gasteiger partial charge on any atom is 0.535 e. The van der Waals surface area contributed by atoms with Crippen molar-refractivity contribution in [3.8, 4) is 5.75 Å². The van der Waals surface area contributed by atoms with E-state index in [1.54, 1.807) is 0 Å². The number of halogens is 2. The van der Waals surface area contributed by atoms with Crippen LogP contribution in [0.15, 0.2) is 18.2 Å². The molecule has 1 heterocycles. The van der Waals surface area contributed by atoms with Crippen molar-refractivity contribution in [3.63, 3.8) is 0 Å². The van der Waals surface area contributed by atoms with Crippen LogP contribution >= 0.6 is 0 Å². The van der Waals surface area contributed by atoms with Gasteiger partial charge in [0.15, 0.2) is 0 Å². The summed E-state index contributed by atoms with van der Waals surface area (Å²) in [7, 11) is 2.75. The zero-order valence-electron chi connectivity index (χ0n) is 9.78. The molecular weight excluding hydrogens is 248 g/mol. The van der Waals surface area contributed by atoms with Gasteiger partial charge in [0.25, 0.3) is 5.91 Å². The second-order valence-electron chi connectivity index (χ2n) is 3.62. The second kappa shape index (κ2) is 4.51. The van der Waals surface area contributed by atoms with Crippen LogP contribution in [-0.2, 0) is 16.2 Å². The summed E-state index contributed by atoms with van der Waals surface area (Å²) in [4.78, 5) is 16.7. The highest BCUT2D eigenvalue weighted by Crippen LogP contribution is 2.35. The first-order valence-electron chi connectivity index (χ1n) is 5.09. The fraction of sp³-hybridized carbons (Fsp3) is 0.364. The summed E-state index contributed by atoms with van der Waals surface area (Å²) >= 11 is 0. The number of hydrogen-bond acceptors (Lipinski definition) is 4. The highest BCUT2D eigenvalue weighted by atomic mass is 19.3. The van der Waals surface area contributed by atoms with Gasteiger partial charge in [-0.3, -0.25) is 14.4 Å². The van der Waals surface area contributed by atoms with Gasteiger partial charge >= 0.3 is 6.29 Å². The molecule has 0 aliphatic carbocycles. The van der Waals surface area contributed by atoms with Crippen molar-refractivity contribution in [2.45, 2.75) is 12.9 Å². The maximum absolute atomic E-state index is 12.9. The Morgan fingerprint density at radius 1 is 1.50 bits per heavy atom. The molecule has 2 rings (SSSR count). The van der Waals surface area contributed by atoms with Crippen molar-refractivity contribution in [1.82, 2.24) is 5.06 Å². The zero-order valence-corrected chi connectivity index (χ0v) is 9.78. The SMILES string of the molecule is CON(C)C(=O)c1cccc2c1COC(F)(F)O2. The molecule has 0 saturated carbocycles. The number of rotatable bonds is 2. The van der Waals surface area contributed by atoms with Crippen LogP contribution in [0.3, 0.4) is 0 Å². The minimum Gasteiger partial charge on any atom is -0.409 e. The lowest BCUT2D eigenvalue weighted by molar-refractivity contribution is -0.368. The van der Waals surface area contributed by atoms with Crippen molar-refractivity contribution >= 4 is 5.91 Å². The predicted octanol–water partition coefficient (Wildman–Crippen LogP) is 1.78. The van der Waals surface area contributed by atoms with E-state index in [0.717, 1.165) is 5.06 Å². The molecule has 0 N–H and O–H groups in total. The van der Waals surface area contributed by atoms with Crippen molar-refractivity contribution in [2.75, 3.05) is 14.2 Å². The molecule has 7 heteroatoms. The minimum atomic E-state index is -3.66.